The molecule has 5 nitrogen and oxygen atoms in total. The maximum Gasteiger partial charge on any atom is 0.243 e. The van der Waals surface area contributed by atoms with Gasteiger partial charge in [0.05, 0.1) is 22.5 Å². The maximum atomic E-state index is 13.8. The van der Waals surface area contributed by atoms with Crippen molar-refractivity contribution < 1.29 is 17.2 Å². The molecular weight excluding hydrogens is 480 g/mol. The van der Waals surface area contributed by atoms with Gasteiger partial charge in [-0.3, -0.25) is 0 Å². The number of aryl methyl sites for hydroxylation is 1. The summed E-state index contributed by atoms with van der Waals surface area (Å²) in [7, 11) is -3.75. The highest BCUT2D eigenvalue weighted by molar-refractivity contribution is 7.89. The minimum atomic E-state index is -3.75. The Labute approximate surface area is 211 Å². The number of rotatable bonds is 7. The zero-order valence-corrected chi connectivity index (χ0v) is 21.7. The first-order valence-electron chi connectivity index (χ1n) is 12.4. The third-order valence-electron chi connectivity index (χ3n) is 7.89. The summed E-state index contributed by atoms with van der Waals surface area (Å²) in [5.41, 5.74) is 4.37. The number of fused-ring (bicyclic) bond motifs is 2. The van der Waals surface area contributed by atoms with Crippen molar-refractivity contribution in [2.24, 2.45) is 11.3 Å². The van der Waals surface area contributed by atoms with Crippen LogP contribution < -0.4 is 0 Å². The Morgan fingerprint density at radius 2 is 1.92 bits per heavy atom. The van der Waals surface area contributed by atoms with Gasteiger partial charge in [0.25, 0.3) is 0 Å². The Hall–Kier alpha value is -2.84. The largest absolute Gasteiger partial charge is 0.243 e. The average Bonchev–Trinajstić information content (AvgIpc) is 3.39. The van der Waals surface area contributed by atoms with Crippen LogP contribution in [0.2, 0.25) is 0 Å². The SMILES string of the molecule is CCCN(CC1CCC2=Cc3c(cnn3-c3ccc(F)cc3)C[C@@]21C)S(=O)(=O)c1ccc(F)c(C)c1. The van der Waals surface area contributed by atoms with Gasteiger partial charge >= 0.3 is 0 Å². The first-order chi connectivity index (χ1) is 17.1. The molecule has 2 atom stereocenters. The lowest BCUT2D eigenvalue weighted by atomic mass is 9.70. The summed E-state index contributed by atoms with van der Waals surface area (Å²) in [4.78, 5) is 0.139. The van der Waals surface area contributed by atoms with Gasteiger partial charge in [0.1, 0.15) is 11.6 Å². The van der Waals surface area contributed by atoms with Crippen molar-refractivity contribution in [1.82, 2.24) is 14.1 Å². The van der Waals surface area contributed by atoms with Gasteiger partial charge in [-0.25, -0.2) is 21.9 Å². The summed E-state index contributed by atoms with van der Waals surface area (Å²) in [6, 6.07) is 10.3. The lowest BCUT2D eigenvalue weighted by Crippen LogP contribution is -2.41. The monoisotopic (exact) mass is 511 g/mol. The first-order valence-corrected chi connectivity index (χ1v) is 13.9. The van der Waals surface area contributed by atoms with Crippen molar-refractivity contribution in [3.8, 4) is 5.69 Å². The summed E-state index contributed by atoms with van der Waals surface area (Å²) in [5, 5.41) is 4.58. The topological polar surface area (TPSA) is 55.2 Å². The molecule has 190 valence electrons. The van der Waals surface area contributed by atoms with Crippen LogP contribution in [-0.2, 0) is 16.4 Å². The van der Waals surface area contributed by atoms with Crippen molar-refractivity contribution in [3.63, 3.8) is 0 Å². The van der Waals surface area contributed by atoms with Gasteiger partial charge in [-0.2, -0.15) is 9.40 Å². The highest BCUT2D eigenvalue weighted by Gasteiger charge is 2.47. The molecule has 0 saturated heterocycles. The predicted molar refractivity (Wildman–Crippen MR) is 136 cm³/mol. The van der Waals surface area contributed by atoms with E-state index in [9.17, 15) is 17.2 Å². The highest BCUT2D eigenvalue weighted by atomic mass is 32.2. The minimum Gasteiger partial charge on any atom is -0.233 e. The van der Waals surface area contributed by atoms with Crippen LogP contribution in [0.15, 0.2) is 59.1 Å². The van der Waals surface area contributed by atoms with E-state index in [0.717, 1.165) is 36.2 Å². The quantitative estimate of drug-likeness (QED) is 0.396. The lowest BCUT2D eigenvalue weighted by molar-refractivity contribution is 0.220. The average molecular weight is 512 g/mol. The Morgan fingerprint density at radius 3 is 2.61 bits per heavy atom. The van der Waals surface area contributed by atoms with Crippen molar-refractivity contribution in [2.45, 2.75) is 51.3 Å². The molecule has 36 heavy (non-hydrogen) atoms. The van der Waals surface area contributed by atoms with Crippen LogP contribution in [0.3, 0.4) is 0 Å². The van der Waals surface area contributed by atoms with Crippen molar-refractivity contribution in [2.75, 3.05) is 13.1 Å². The summed E-state index contributed by atoms with van der Waals surface area (Å²) in [6.07, 6.45) is 7.32. The third kappa shape index (κ3) is 4.20. The van der Waals surface area contributed by atoms with Gasteiger partial charge in [-0.1, -0.05) is 19.4 Å². The van der Waals surface area contributed by atoms with Crippen LogP contribution >= 0.6 is 0 Å². The molecule has 0 radical (unpaired) electrons. The molecule has 0 amide bonds. The summed E-state index contributed by atoms with van der Waals surface area (Å²) < 4.78 is 57.8. The molecule has 1 aromatic heterocycles. The van der Waals surface area contributed by atoms with Gasteiger partial charge in [-0.05, 0) is 104 Å². The van der Waals surface area contributed by atoms with E-state index in [0.29, 0.717) is 25.1 Å². The van der Waals surface area contributed by atoms with Crippen molar-refractivity contribution in [3.05, 3.63) is 82.7 Å². The molecule has 0 N–H and O–H groups in total. The van der Waals surface area contributed by atoms with Gasteiger partial charge < -0.3 is 0 Å². The van der Waals surface area contributed by atoms with Gasteiger partial charge in [-0.15, -0.1) is 0 Å². The normalized spacial score (nSPS) is 21.4. The molecule has 1 saturated carbocycles. The Morgan fingerprint density at radius 1 is 1.17 bits per heavy atom. The Balaban J connectivity index is 1.43. The standard InChI is InChI=1S/C28H31F2N3O2S/c1-4-13-32(36(34,35)25-11-12-26(30)19(2)14-25)18-22-6-5-21-15-27-20(16-28(21,22)3)17-31-33(27)24-9-7-23(29)8-10-24/h7-12,14-15,17,22H,4-6,13,16,18H2,1-3H3/t22?,28-/m0/s1. The predicted octanol–water partition coefficient (Wildman–Crippen LogP) is 5.92. The molecule has 2 aliphatic rings. The van der Waals surface area contributed by atoms with E-state index >= 15 is 0 Å². The third-order valence-corrected chi connectivity index (χ3v) is 9.75. The Kier molecular flexibility index (Phi) is 6.37. The molecule has 2 aromatic carbocycles. The van der Waals surface area contributed by atoms with Crippen LogP contribution in [0.4, 0.5) is 8.78 Å². The van der Waals surface area contributed by atoms with Gasteiger partial charge in [0, 0.05) is 13.1 Å². The maximum absolute atomic E-state index is 13.8. The molecule has 5 rings (SSSR count). The molecule has 0 bridgehead atoms. The number of hydrogen-bond acceptors (Lipinski definition) is 3. The van der Waals surface area contributed by atoms with E-state index in [2.05, 4.69) is 18.1 Å². The lowest BCUT2D eigenvalue weighted by Gasteiger charge is -2.38. The molecule has 1 fully saturated rings. The zero-order chi connectivity index (χ0) is 25.7. The van der Waals surface area contributed by atoms with Crippen molar-refractivity contribution in [1.29, 1.82) is 0 Å². The zero-order valence-electron chi connectivity index (χ0n) is 20.8. The van der Waals surface area contributed by atoms with E-state index in [1.807, 2.05) is 17.8 Å². The summed E-state index contributed by atoms with van der Waals surface area (Å²) in [5.74, 6) is -0.547. The number of sulfonamides is 1. The van der Waals surface area contributed by atoms with E-state index < -0.39 is 15.8 Å². The van der Waals surface area contributed by atoms with Crippen LogP contribution in [-0.4, -0.2) is 35.6 Å². The second kappa shape index (κ2) is 9.23. The number of allylic oxidation sites excluding steroid dienone is 1. The first kappa shape index (κ1) is 24.8. The van der Waals surface area contributed by atoms with Crippen LogP contribution in [0.5, 0.6) is 0 Å². The van der Waals surface area contributed by atoms with Gasteiger partial charge in [0.15, 0.2) is 0 Å². The fourth-order valence-electron chi connectivity index (χ4n) is 5.75. The molecule has 0 spiro atoms. The fraction of sp³-hybridized carbons (Fsp3) is 0.393. The van der Waals surface area contributed by atoms with Crippen LogP contribution in [0.1, 0.15) is 49.9 Å². The fourth-order valence-corrected chi connectivity index (χ4v) is 7.41. The molecule has 3 aromatic rings. The Bertz CT molecular complexity index is 1430. The highest BCUT2D eigenvalue weighted by Crippen LogP contribution is 2.53. The minimum absolute atomic E-state index is 0.139. The molecular formula is C28H31F2N3O2S. The number of halogens is 2. The molecule has 2 aliphatic carbocycles. The molecule has 8 heteroatoms. The summed E-state index contributed by atoms with van der Waals surface area (Å²) in [6.45, 7) is 6.61. The van der Waals surface area contributed by atoms with E-state index in [1.54, 1.807) is 23.4 Å². The second-order valence-electron chi connectivity index (χ2n) is 10.2. The van der Waals surface area contributed by atoms with Crippen LogP contribution in [0.25, 0.3) is 11.8 Å². The number of aromatic nitrogens is 2. The molecule has 1 heterocycles. The van der Waals surface area contributed by atoms with Crippen LogP contribution in [0, 0.1) is 29.9 Å². The van der Waals surface area contributed by atoms with E-state index in [4.69, 9.17) is 0 Å². The van der Waals surface area contributed by atoms with E-state index in [1.165, 1.54) is 35.9 Å². The smallest absolute Gasteiger partial charge is 0.233 e. The summed E-state index contributed by atoms with van der Waals surface area (Å²) >= 11 is 0. The number of nitrogens with zero attached hydrogens (tertiary/aromatic N) is 3. The van der Waals surface area contributed by atoms with Gasteiger partial charge in [0.2, 0.25) is 10.0 Å². The molecule has 1 unspecified atom stereocenters. The second-order valence-corrected chi connectivity index (χ2v) is 12.2. The number of benzene rings is 2. The van der Waals surface area contributed by atoms with Crippen molar-refractivity contribution >= 4 is 16.1 Å². The number of hydrogen-bond donors (Lipinski definition) is 0. The molecule has 0 aliphatic heterocycles. The van der Waals surface area contributed by atoms with E-state index in [-0.39, 0.29) is 22.0 Å².